The topological polar surface area (TPSA) is 95.7 Å². The van der Waals surface area contributed by atoms with Crippen LogP contribution in [0.15, 0.2) is 52.1 Å². The predicted octanol–water partition coefficient (Wildman–Crippen LogP) is 3.62. The Bertz CT molecular complexity index is 1660. The number of carbonyl (C=O) groups excluding carboxylic acids is 1. The van der Waals surface area contributed by atoms with Crippen molar-refractivity contribution in [3.63, 3.8) is 0 Å². The molecular formula is C26H25F3N4O5S. The lowest BCUT2D eigenvalue weighted by molar-refractivity contribution is -0.146. The van der Waals surface area contributed by atoms with Crippen LogP contribution in [-0.4, -0.2) is 58.2 Å². The third-order valence-corrected chi connectivity index (χ3v) is 6.69. The van der Waals surface area contributed by atoms with Crippen LogP contribution in [0, 0.1) is 6.92 Å². The molecule has 4 rings (SSSR count). The van der Waals surface area contributed by atoms with Crippen molar-refractivity contribution in [2.75, 3.05) is 33.9 Å². The second kappa shape index (κ2) is 11.0. The van der Waals surface area contributed by atoms with E-state index < -0.39 is 29.1 Å². The molecule has 0 bridgehead atoms. The Balaban J connectivity index is 1.73. The smallest absolute Gasteiger partial charge is 0.431 e. The van der Waals surface area contributed by atoms with Crippen LogP contribution in [0.3, 0.4) is 0 Å². The molecule has 0 aliphatic heterocycles. The molecule has 0 fully saturated rings. The number of benzene rings is 2. The molecule has 4 aromatic rings. The Morgan fingerprint density at radius 3 is 2.54 bits per heavy atom. The molecule has 0 unspecified atom stereocenters. The van der Waals surface area contributed by atoms with Gasteiger partial charge in [0.2, 0.25) is 0 Å². The van der Waals surface area contributed by atoms with Crippen molar-refractivity contribution in [2.45, 2.75) is 13.1 Å². The number of rotatable bonds is 8. The van der Waals surface area contributed by atoms with Gasteiger partial charge < -0.3 is 14.4 Å². The van der Waals surface area contributed by atoms with Gasteiger partial charge in [-0.25, -0.2) is 14.2 Å². The van der Waals surface area contributed by atoms with Crippen LogP contribution in [0.25, 0.3) is 27.0 Å². The Kier molecular flexibility index (Phi) is 7.93. The minimum absolute atomic E-state index is 0.0860. The Morgan fingerprint density at radius 1 is 1.10 bits per heavy atom. The van der Waals surface area contributed by atoms with E-state index in [1.807, 2.05) is 38.1 Å². The molecule has 206 valence electrons. The van der Waals surface area contributed by atoms with Crippen LogP contribution in [-0.2, 0) is 22.8 Å². The first-order valence-electron chi connectivity index (χ1n) is 11.7. The SMILES string of the molecule is Cc1ccc(OCC(=O)OCCN(C)C)c(-c2nsc3ccc(-n4c(=O)cc(C(F)(F)F)n(C)c4=O)cc23)c1. The van der Waals surface area contributed by atoms with Gasteiger partial charge >= 0.3 is 17.8 Å². The highest BCUT2D eigenvalue weighted by molar-refractivity contribution is 7.13. The van der Waals surface area contributed by atoms with Crippen molar-refractivity contribution in [2.24, 2.45) is 7.05 Å². The number of nitrogens with zero attached hydrogens (tertiary/aromatic N) is 4. The van der Waals surface area contributed by atoms with E-state index in [-0.39, 0.29) is 18.9 Å². The van der Waals surface area contributed by atoms with Crippen LogP contribution in [0.5, 0.6) is 5.75 Å². The molecular weight excluding hydrogens is 537 g/mol. The van der Waals surface area contributed by atoms with E-state index in [2.05, 4.69) is 4.37 Å². The lowest BCUT2D eigenvalue weighted by Crippen LogP contribution is -2.40. The fourth-order valence-corrected chi connectivity index (χ4v) is 4.64. The van der Waals surface area contributed by atoms with E-state index >= 15 is 0 Å². The lowest BCUT2D eigenvalue weighted by atomic mass is 10.0. The zero-order chi connectivity index (χ0) is 28.5. The van der Waals surface area contributed by atoms with Crippen LogP contribution in [0.1, 0.15) is 11.3 Å². The van der Waals surface area contributed by atoms with Crippen molar-refractivity contribution >= 4 is 27.6 Å². The van der Waals surface area contributed by atoms with Gasteiger partial charge in [-0.15, -0.1) is 0 Å². The minimum atomic E-state index is -4.86. The number of aromatic nitrogens is 3. The quantitative estimate of drug-likeness (QED) is 0.303. The van der Waals surface area contributed by atoms with Gasteiger partial charge in [-0.3, -0.25) is 9.36 Å². The first-order valence-corrected chi connectivity index (χ1v) is 12.5. The number of likely N-dealkylation sites (N-methyl/N-ethyl adjacent to an activating group) is 1. The molecule has 0 aliphatic carbocycles. The van der Waals surface area contributed by atoms with Crippen LogP contribution >= 0.6 is 11.5 Å². The maximum atomic E-state index is 13.3. The maximum absolute atomic E-state index is 13.3. The standard InChI is InChI=1S/C26H25F3N4O5S/c1-15-5-7-19(38-14-23(35)37-10-9-31(2)3)17(11-15)24-18-12-16(6-8-20(18)39-30-24)33-22(34)13-21(26(27,28)29)32(4)25(33)36/h5-8,11-13H,9-10,14H2,1-4H3. The highest BCUT2D eigenvalue weighted by atomic mass is 32.1. The van der Waals surface area contributed by atoms with Crippen LogP contribution < -0.4 is 16.0 Å². The number of aryl methyl sites for hydroxylation is 1. The van der Waals surface area contributed by atoms with Gasteiger partial charge in [0.05, 0.1) is 16.1 Å². The number of alkyl halides is 3. The second-order valence-electron chi connectivity index (χ2n) is 9.07. The lowest BCUT2D eigenvalue weighted by Gasteiger charge is -2.14. The molecule has 0 saturated carbocycles. The number of fused-ring (bicyclic) bond motifs is 1. The first-order chi connectivity index (χ1) is 18.4. The number of hydrogen-bond acceptors (Lipinski definition) is 8. The fourth-order valence-electron chi connectivity index (χ4n) is 3.87. The van der Waals surface area contributed by atoms with Crippen molar-refractivity contribution in [3.8, 4) is 22.7 Å². The molecule has 0 atom stereocenters. The van der Waals surface area contributed by atoms with Crippen LogP contribution in [0.2, 0.25) is 0 Å². The van der Waals surface area contributed by atoms with Gasteiger partial charge in [-0.1, -0.05) is 11.6 Å². The average molecular weight is 563 g/mol. The summed E-state index contributed by atoms with van der Waals surface area (Å²) in [6.45, 7) is 2.33. The predicted molar refractivity (Wildman–Crippen MR) is 141 cm³/mol. The Labute approximate surface area is 224 Å². The largest absolute Gasteiger partial charge is 0.481 e. The Morgan fingerprint density at radius 2 is 1.85 bits per heavy atom. The molecule has 2 heterocycles. The molecule has 13 heteroatoms. The van der Waals surface area contributed by atoms with Gasteiger partial charge in [0.1, 0.15) is 18.1 Å². The van der Waals surface area contributed by atoms with E-state index in [1.54, 1.807) is 12.1 Å². The highest BCUT2D eigenvalue weighted by Gasteiger charge is 2.35. The van der Waals surface area contributed by atoms with Gasteiger partial charge in [0, 0.05) is 30.6 Å². The van der Waals surface area contributed by atoms with Crippen molar-refractivity contribution < 1.29 is 27.4 Å². The average Bonchev–Trinajstić information content (AvgIpc) is 3.28. The summed E-state index contributed by atoms with van der Waals surface area (Å²) in [4.78, 5) is 39.4. The normalized spacial score (nSPS) is 11.8. The summed E-state index contributed by atoms with van der Waals surface area (Å²) in [6.07, 6.45) is -4.86. The summed E-state index contributed by atoms with van der Waals surface area (Å²) in [6, 6.07) is 10.3. The number of hydrogen-bond donors (Lipinski definition) is 0. The number of esters is 1. The van der Waals surface area contributed by atoms with E-state index in [4.69, 9.17) is 9.47 Å². The first kappa shape index (κ1) is 28.0. The highest BCUT2D eigenvalue weighted by Crippen LogP contribution is 2.37. The fraction of sp³-hybridized carbons (Fsp3) is 0.308. The van der Waals surface area contributed by atoms with Gasteiger partial charge in [-0.2, -0.15) is 17.5 Å². The summed E-state index contributed by atoms with van der Waals surface area (Å²) in [5.74, 6) is -0.170. The summed E-state index contributed by atoms with van der Waals surface area (Å²) in [5.41, 5.74) is -1.58. The van der Waals surface area contributed by atoms with Crippen molar-refractivity contribution in [1.29, 1.82) is 0 Å². The van der Waals surface area contributed by atoms with E-state index in [0.717, 1.165) is 24.1 Å². The molecule has 0 aliphatic rings. The number of ether oxygens (including phenoxy) is 2. The molecule has 0 N–H and O–H groups in total. The third-order valence-electron chi connectivity index (χ3n) is 5.86. The van der Waals surface area contributed by atoms with Gasteiger partial charge in [0.15, 0.2) is 6.61 Å². The molecule has 0 saturated heterocycles. The molecule has 9 nitrogen and oxygen atoms in total. The summed E-state index contributed by atoms with van der Waals surface area (Å²) in [7, 11) is 4.68. The molecule has 0 spiro atoms. The molecule has 0 amide bonds. The van der Waals surface area contributed by atoms with E-state index in [9.17, 15) is 27.6 Å². The Hall–Kier alpha value is -3.97. The van der Waals surface area contributed by atoms with Crippen molar-refractivity contribution in [3.05, 3.63) is 74.6 Å². The molecule has 39 heavy (non-hydrogen) atoms. The molecule has 0 radical (unpaired) electrons. The zero-order valence-electron chi connectivity index (χ0n) is 21.5. The summed E-state index contributed by atoms with van der Waals surface area (Å²) >= 11 is 1.16. The number of carbonyl (C=O) groups is 1. The third kappa shape index (κ3) is 6.04. The van der Waals surface area contributed by atoms with Crippen molar-refractivity contribution in [1.82, 2.24) is 18.4 Å². The minimum Gasteiger partial charge on any atom is -0.481 e. The zero-order valence-corrected chi connectivity index (χ0v) is 22.4. The number of halogens is 3. The van der Waals surface area contributed by atoms with Gasteiger partial charge in [-0.05, 0) is 62.9 Å². The second-order valence-corrected chi connectivity index (χ2v) is 9.87. The molecule has 2 aromatic heterocycles. The van der Waals surface area contributed by atoms with Gasteiger partial charge in [0.25, 0.3) is 5.56 Å². The summed E-state index contributed by atoms with van der Waals surface area (Å²) < 4.78 is 57.0. The van der Waals surface area contributed by atoms with Crippen LogP contribution in [0.4, 0.5) is 13.2 Å². The monoisotopic (exact) mass is 562 g/mol. The maximum Gasteiger partial charge on any atom is 0.431 e. The molecule has 2 aromatic carbocycles. The summed E-state index contributed by atoms with van der Waals surface area (Å²) in [5, 5.41) is 0.551. The van der Waals surface area contributed by atoms with E-state index in [1.165, 1.54) is 12.1 Å². The van der Waals surface area contributed by atoms with E-state index in [0.29, 0.717) is 48.8 Å².